The Morgan fingerprint density at radius 2 is 2.15 bits per heavy atom. The van der Waals surface area contributed by atoms with Gasteiger partial charge in [0.2, 0.25) is 0 Å². The largest absolute Gasteiger partial charge is 0.307 e. The summed E-state index contributed by atoms with van der Waals surface area (Å²) < 4.78 is 15.2. The molecular weight excluding hydrogens is 253 g/mol. The molecule has 2 heterocycles. The lowest BCUT2D eigenvalue weighted by Crippen LogP contribution is -2.18. The van der Waals surface area contributed by atoms with Gasteiger partial charge >= 0.3 is 0 Å². The van der Waals surface area contributed by atoms with Gasteiger partial charge in [0.25, 0.3) is 0 Å². The van der Waals surface area contributed by atoms with E-state index in [0.717, 1.165) is 16.9 Å². The Balaban J connectivity index is 1.69. The summed E-state index contributed by atoms with van der Waals surface area (Å²) in [5.41, 5.74) is 2.84. The van der Waals surface area contributed by atoms with E-state index in [2.05, 4.69) is 10.3 Å². The summed E-state index contributed by atoms with van der Waals surface area (Å²) in [5, 5.41) is 3.36. The molecule has 0 aliphatic rings. The van der Waals surface area contributed by atoms with E-state index < -0.39 is 0 Å². The number of imidazole rings is 1. The van der Waals surface area contributed by atoms with Crippen LogP contribution in [0.1, 0.15) is 24.2 Å². The van der Waals surface area contributed by atoms with Crippen LogP contribution < -0.4 is 5.32 Å². The molecule has 0 amide bonds. The van der Waals surface area contributed by atoms with Crippen LogP contribution in [0.15, 0.2) is 54.9 Å². The van der Waals surface area contributed by atoms with Crippen LogP contribution in [0.3, 0.4) is 0 Å². The first-order chi connectivity index (χ1) is 9.72. The van der Waals surface area contributed by atoms with Crippen LogP contribution in [0.4, 0.5) is 4.39 Å². The summed E-state index contributed by atoms with van der Waals surface area (Å²) >= 11 is 0. The van der Waals surface area contributed by atoms with Crippen LogP contribution in [-0.4, -0.2) is 9.38 Å². The molecule has 0 bridgehead atoms. The summed E-state index contributed by atoms with van der Waals surface area (Å²) in [4.78, 5) is 4.52. The van der Waals surface area contributed by atoms with Crippen LogP contribution in [0, 0.1) is 5.82 Å². The second-order valence-corrected chi connectivity index (χ2v) is 4.86. The zero-order valence-corrected chi connectivity index (χ0v) is 11.3. The maximum Gasteiger partial charge on any atom is 0.137 e. The number of pyridine rings is 1. The molecule has 1 N–H and O–H groups in total. The summed E-state index contributed by atoms with van der Waals surface area (Å²) in [5.74, 6) is -0.205. The Labute approximate surface area is 117 Å². The Morgan fingerprint density at radius 1 is 1.25 bits per heavy atom. The van der Waals surface area contributed by atoms with Gasteiger partial charge in [-0.15, -0.1) is 0 Å². The van der Waals surface area contributed by atoms with Gasteiger partial charge < -0.3 is 9.72 Å². The monoisotopic (exact) mass is 269 g/mol. The summed E-state index contributed by atoms with van der Waals surface area (Å²) in [6.07, 6.45) is 3.97. The van der Waals surface area contributed by atoms with Gasteiger partial charge in [-0.2, -0.15) is 0 Å². The van der Waals surface area contributed by atoms with E-state index >= 15 is 0 Å². The Hall–Kier alpha value is -2.20. The molecule has 4 heteroatoms. The van der Waals surface area contributed by atoms with Gasteiger partial charge in [0.05, 0.1) is 5.69 Å². The smallest absolute Gasteiger partial charge is 0.137 e. The van der Waals surface area contributed by atoms with Crippen molar-refractivity contribution in [2.75, 3.05) is 0 Å². The van der Waals surface area contributed by atoms with Crippen molar-refractivity contribution in [1.29, 1.82) is 0 Å². The molecule has 0 saturated carbocycles. The second kappa shape index (κ2) is 5.43. The first-order valence-corrected chi connectivity index (χ1v) is 6.64. The third-order valence-electron chi connectivity index (χ3n) is 3.35. The minimum atomic E-state index is -0.205. The van der Waals surface area contributed by atoms with Gasteiger partial charge in [0, 0.05) is 25.0 Å². The van der Waals surface area contributed by atoms with Gasteiger partial charge in [0.15, 0.2) is 0 Å². The Morgan fingerprint density at radius 3 is 2.95 bits per heavy atom. The van der Waals surface area contributed by atoms with Gasteiger partial charge in [-0.05, 0) is 36.8 Å². The zero-order valence-electron chi connectivity index (χ0n) is 11.3. The SMILES string of the molecule is C[C@H](NCc1cn2ccccc2n1)c1cccc(F)c1. The zero-order chi connectivity index (χ0) is 13.9. The average molecular weight is 269 g/mol. The highest BCUT2D eigenvalue weighted by atomic mass is 19.1. The molecule has 102 valence electrons. The molecule has 0 saturated heterocycles. The number of hydrogen-bond donors (Lipinski definition) is 1. The number of nitrogens with one attached hydrogen (secondary N) is 1. The molecule has 0 unspecified atom stereocenters. The highest BCUT2D eigenvalue weighted by molar-refractivity contribution is 5.39. The van der Waals surface area contributed by atoms with Gasteiger partial charge in [-0.3, -0.25) is 0 Å². The number of nitrogens with zero attached hydrogens (tertiary/aromatic N) is 2. The highest BCUT2D eigenvalue weighted by Crippen LogP contribution is 2.14. The maximum atomic E-state index is 13.2. The summed E-state index contributed by atoms with van der Waals surface area (Å²) in [6, 6.07) is 12.7. The first kappa shape index (κ1) is 12.8. The third kappa shape index (κ3) is 2.70. The number of aromatic nitrogens is 2. The van der Waals surface area contributed by atoms with Crippen LogP contribution >= 0.6 is 0 Å². The van der Waals surface area contributed by atoms with Gasteiger partial charge in [-0.25, -0.2) is 9.37 Å². The average Bonchev–Trinajstić information content (AvgIpc) is 2.87. The fraction of sp³-hybridized carbons (Fsp3) is 0.188. The molecule has 0 spiro atoms. The Kier molecular flexibility index (Phi) is 3.48. The molecule has 0 fully saturated rings. The lowest BCUT2D eigenvalue weighted by Gasteiger charge is -2.13. The van der Waals surface area contributed by atoms with Crippen LogP contribution in [-0.2, 0) is 6.54 Å². The third-order valence-corrected chi connectivity index (χ3v) is 3.35. The fourth-order valence-electron chi connectivity index (χ4n) is 2.22. The number of fused-ring (bicyclic) bond motifs is 1. The molecule has 0 aliphatic carbocycles. The number of rotatable bonds is 4. The lowest BCUT2D eigenvalue weighted by atomic mass is 10.1. The Bertz CT molecular complexity index is 687. The maximum absolute atomic E-state index is 13.2. The van der Waals surface area contributed by atoms with E-state index in [1.165, 1.54) is 6.07 Å². The molecule has 3 aromatic rings. The highest BCUT2D eigenvalue weighted by Gasteiger charge is 2.07. The molecule has 1 aromatic carbocycles. The van der Waals surface area contributed by atoms with Crippen molar-refractivity contribution in [2.24, 2.45) is 0 Å². The topological polar surface area (TPSA) is 29.3 Å². The van der Waals surface area contributed by atoms with Crippen molar-refractivity contribution >= 4 is 5.65 Å². The van der Waals surface area contributed by atoms with E-state index in [0.29, 0.717) is 6.54 Å². The minimum Gasteiger partial charge on any atom is -0.307 e. The van der Waals surface area contributed by atoms with Gasteiger partial charge in [-0.1, -0.05) is 18.2 Å². The fourth-order valence-corrected chi connectivity index (χ4v) is 2.22. The van der Waals surface area contributed by atoms with Crippen molar-refractivity contribution in [3.05, 3.63) is 71.9 Å². The normalized spacial score (nSPS) is 12.7. The van der Waals surface area contributed by atoms with E-state index in [4.69, 9.17) is 0 Å². The van der Waals surface area contributed by atoms with E-state index in [1.807, 2.05) is 48.0 Å². The standard InChI is InChI=1S/C16H16FN3/c1-12(13-5-4-6-14(17)9-13)18-10-15-11-20-8-3-2-7-16(20)19-15/h2-9,11-12,18H,10H2,1H3/t12-/m0/s1. The number of halogens is 1. The van der Waals surface area contributed by atoms with Crippen LogP contribution in [0.25, 0.3) is 5.65 Å². The van der Waals surface area contributed by atoms with Crippen molar-refractivity contribution in [1.82, 2.24) is 14.7 Å². The van der Waals surface area contributed by atoms with Gasteiger partial charge in [0.1, 0.15) is 11.5 Å². The molecule has 3 nitrogen and oxygen atoms in total. The number of benzene rings is 1. The lowest BCUT2D eigenvalue weighted by molar-refractivity contribution is 0.560. The van der Waals surface area contributed by atoms with Crippen molar-refractivity contribution in [2.45, 2.75) is 19.5 Å². The van der Waals surface area contributed by atoms with Crippen molar-refractivity contribution in [3.8, 4) is 0 Å². The van der Waals surface area contributed by atoms with Crippen LogP contribution in [0.2, 0.25) is 0 Å². The number of hydrogen-bond acceptors (Lipinski definition) is 2. The van der Waals surface area contributed by atoms with Crippen molar-refractivity contribution in [3.63, 3.8) is 0 Å². The molecule has 2 aromatic heterocycles. The van der Waals surface area contributed by atoms with E-state index in [1.54, 1.807) is 12.1 Å². The molecule has 3 rings (SSSR count). The van der Waals surface area contributed by atoms with Crippen LogP contribution in [0.5, 0.6) is 0 Å². The van der Waals surface area contributed by atoms with Crippen molar-refractivity contribution < 1.29 is 4.39 Å². The molecule has 0 aliphatic heterocycles. The first-order valence-electron chi connectivity index (χ1n) is 6.64. The van der Waals surface area contributed by atoms with E-state index in [9.17, 15) is 4.39 Å². The molecular formula is C16H16FN3. The predicted octanol–water partition coefficient (Wildman–Crippen LogP) is 3.32. The second-order valence-electron chi connectivity index (χ2n) is 4.86. The summed E-state index contributed by atoms with van der Waals surface area (Å²) in [6.45, 7) is 2.67. The van der Waals surface area contributed by atoms with E-state index in [-0.39, 0.29) is 11.9 Å². The predicted molar refractivity (Wildman–Crippen MR) is 76.8 cm³/mol. The minimum absolute atomic E-state index is 0.0792. The molecule has 20 heavy (non-hydrogen) atoms. The quantitative estimate of drug-likeness (QED) is 0.787. The summed E-state index contributed by atoms with van der Waals surface area (Å²) in [7, 11) is 0. The molecule has 1 atom stereocenters. The molecule has 0 radical (unpaired) electrons.